The maximum Gasteiger partial charge on any atom is 0.227 e. The number of rotatable bonds is 5. The Morgan fingerprint density at radius 3 is 3.00 bits per heavy atom. The van der Waals surface area contributed by atoms with Crippen LogP contribution in [0.3, 0.4) is 0 Å². The zero-order valence-electron chi connectivity index (χ0n) is 13.1. The fraction of sp³-hybridized carbons (Fsp3) is 0.562. The first-order valence-electron chi connectivity index (χ1n) is 7.89. The number of thiophene rings is 1. The summed E-state index contributed by atoms with van der Waals surface area (Å²) in [5.41, 5.74) is 0.354. The van der Waals surface area contributed by atoms with Crippen LogP contribution in [-0.2, 0) is 11.2 Å². The fourth-order valence-corrected chi connectivity index (χ4v) is 3.40. The molecule has 2 N–H and O–H groups in total. The smallest absolute Gasteiger partial charge is 0.227 e. The third-order valence-electron chi connectivity index (χ3n) is 4.24. The van der Waals surface area contributed by atoms with Crippen molar-refractivity contribution < 1.29 is 14.4 Å². The maximum absolute atomic E-state index is 12.0. The van der Waals surface area contributed by atoms with Crippen LogP contribution in [0.5, 0.6) is 0 Å². The highest BCUT2D eigenvalue weighted by Gasteiger charge is 2.29. The first kappa shape index (κ1) is 16.1. The molecule has 0 spiro atoms. The molecule has 0 atom stereocenters. The topological polar surface area (TPSA) is 88.2 Å². The van der Waals surface area contributed by atoms with E-state index < -0.39 is 5.60 Å². The van der Waals surface area contributed by atoms with Gasteiger partial charge in [-0.05, 0) is 44.1 Å². The summed E-state index contributed by atoms with van der Waals surface area (Å²) in [7, 11) is 0. The van der Waals surface area contributed by atoms with Crippen LogP contribution in [-0.4, -0.2) is 32.8 Å². The molecule has 0 aliphatic heterocycles. The van der Waals surface area contributed by atoms with Gasteiger partial charge >= 0.3 is 0 Å². The summed E-state index contributed by atoms with van der Waals surface area (Å²) in [6, 6.07) is 2.09. The second-order valence-corrected chi connectivity index (χ2v) is 7.14. The molecule has 0 saturated heterocycles. The summed E-state index contributed by atoms with van der Waals surface area (Å²) in [5, 5.41) is 20.8. The molecular weight excluding hydrogens is 314 g/mol. The monoisotopic (exact) mass is 335 g/mol. The Hall–Kier alpha value is -1.73. The van der Waals surface area contributed by atoms with Crippen LogP contribution in [0, 0.1) is 0 Å². The van der Waals surface area contributed by atoms with E-state index in [-0.39, 0.29) is 11.9 Å². The number of aromatic nitrogens is 2. The number of amides is 1. The highest BCUT2D eigenvalue weighted by atomic mass is 32.1. The molecule has 0 aromatic carbocycles. The number of nitrogens with zero attached hydrogens (tertiary/aromatic N) is 2. The van der Waals surface area contributed by atoms with Crippen LogP contribution in [0.15, 0.2) is 21.3 Å². The predicted molar refractivity (Wildman–Crippen MR) is 87.0 cm³/mol. The van der Waals surface area contributed by atoms with Crippen molar-refractivity contribution in [1.82, 2.24) is 15.5 Å². The third kappa shape index (κ3) is 4.39. The fourth-order valence-electron chi connectivity index (χ4n) is 2.77. The molecule has 1 amide bonds. The zero-order valence-corrected chi connectivity index (χ0v) is 13.9. The first-order valence-corrected chi connectivity index (χ1v) is 8.83. The van der Waals surface area contributed by atoms with Crippen molar-refractivity contribution in [3.05, 3.63) is 22.7 Å². The van der Waals surface area contributed by atoms with Gasteiger partial charge in [-0.1, -0.05) is 5.16 Å². The van der Waals surface area contributed by atoms with Crippen LogP contribution < -0.4 is 5.32 Å². The Bertz CT molecular complexity index is 641. The van der Waals surface area contributed by atoms with Gasteiger partial charge in [0.25, 0.3) is 0 Å². The van der Waals surface area contributed by atoms with Crippen molar-refractivity contribution in [2.24, 2.45) is 0 Å². The van der Waals surface area contributed by atoms with E-state index in [1.54, 1.807) is 11.3 Å². The molecule has 124 valence electrons. The lowest BCUT2D eigenvalue weighted by Gasteiger charge is -2.33. The Balaban J connectivity index is 1.44. The summed E-state index contributed by atoms with van der Waals surface area (Å²) in [5.74, 6) is 1.04. The summed E-state index contributed by atoms with van der Waals surface area (Å²) >= 11 is 1.58. The number of carbonyl (C=O) groups is 1. The van der Waals surface area contributed by atoms with Gasteiger partial charge in [0.1, 0.15) is 0 Å². The predicted octanol–water partition coefficient (Wildman–Crippen LogP) is 2.54. The van der Waals surface area contributed by atoms with E-state index in [9.17, 15) is 9.90 Å². The van der Waals surface area contributed by atoms with Gasteiger partial charge < -0.3 is 14.9 Å². The number of hydrogen-bond acceptors (Lipinski definition) is 6. The molecule has 0 bridgehead atoms. The molecule has 1 saturated carbocycles. The molecule has 7 heteroatoms. The molecule has 1 aliphatic rings. The molecule has 23 heavy (non-hydrogen) atoms. The molecule has 0 radical (unpaired) electrons. The lowest BCUT2D eigenvalue weighted by molar-refractivity contribution is -0.122. The van der Waals surface area contributed by atoms with Crippen molar-refractivity contribution in [3.8, 4) is 11.4 Å². The van der Waals surface area contributed by atoms with E-state index in [1.165, 1.54) is 0 Å². The van der Waals surface area contributed by atoms with Crippen molar-refractivity contribution in [2.45, 2.75) is 57.1 Å². The molecular formula is C16H21N3O3S. The van der Waals surface area contributed by atoms with Gasteiger partial charge in [0, 0.05) is 29.8 Å². The van der Waals surface area contributed by atoms with Gasteiger partial charge in [0.2, 0.25) is 17.6 Å². The summed E-state index contributed by atoms with van der Waals surface area (Å²) in [6.45, 7) is 1.85. The summed E-state index contributed by atoms with van der Waals surface area (Å²) in [6.07, 6.45) is 3.87. The molecule has 2 aromatic rings. The van der Waals surface area contributed by atoms with Gasteiger partial charge in [-0.3, -0.25) is 4.79 Å². The van der Waals surface area contributed by atoms with Crippen molar-refractivity contribution in [2.75, 3.05) is 0 Å². The van der Waals surface area contributed by atoms with Gasteiger partial charge in [0.15, 0.2) is 0 Å². The average molecular weight is 335 g/mol. The van der Waals surface area contributed by atoms with Gasteiger partial charge in [0.05, 0.1) is 5.60 Å². The average Bonchev–Trinajstić information content (AvgIpc) is 3.18. The minimum atomic E-state index is -0.580. The summed E-state index contributed by atoms with van der Waals surface area (Å²) < 4.78 is 5.19. The van der Waals surface area contributed by atoms with Crippen LogP contribution >= 0.6 is 11.3 Å². The lowest BCUT2D eigenvalue weighted by Crippen LogP contribution is -2.42. The normalized spacial score (nSPS) is 24.5. The standard InChI is InChI=1S/C16H21N3O3S/c1-16(21)7-4-12(5-8-16)17-13(20)2-3-14-18-15(19-22-14)11-6-9-23-10-11/h6,9-10,12,21H,2-5,7-8H2,1H3,(H,17,20). The van der Waals surface area contributed by atoms with Crippen LogP contribution in [0.25, 0.3) is 11.4 Å². The van der Waals surface area contributed by atoms with E-state index in [0.29, 0.717) is 24.6 Å². The van der Waals surface area contributed by atoms with E-state index in [2.05, 4.69) is 15.5 Å². The van der Waals surface area contributed by atoms with Crippen molar-refractivity contribution in [3.63, 3.8) is 0 Å². The SMILES string of the molecule is CC1(O)CCC(NC(=O)CCc2nc(-c3ccsc3)no2)CC1. The van der Waals surface area contributed by atoms with Crippen molar-refractivity contribution >= 4 is 17.2 Å². The van der Waals surface area contributed by atoms with Crippen LogP contribution in [0.2, 0.25) is 0 Å². The number of nitrogens with one attached hydrogen (secondary N) is 1. The highest BCUT2D eigenvalue weighted by Crippen LogP contribution is 2.27. The number of aryl methyl sites for hydroxylation is 1. The largest absolute Gasteiger partial charge is 0.390 e. The Morgan fingerprint density at radius 1 is 1.52 bits per heavy atom. The lowest BCUT2D eigenvalue weighted by atomic mass is 9.83. The minimum absolute atomic E-state index is 0.00757. The van der Waals surface area contributed by atoms with Crippen molar-refractivity contribution in [1.29, 1.82) is 0 Å². The van der Waals surface area contributed by atoms with Gasteiger partial charge in [-0.25, -0.2) is 0 Å². The Kier molecular flexibility index (Phi) is 4.77. The van der Waals surface area contributed by atoms with Crippen LogP contribution in [0.1, 0.15) is 44.9 Å². The van der Waals surface area contributed by atoms with Crippen LogP contribution in [0.4, 0.5) is 0 Å². The molecule has 2 aromatic heterocycles. The molecule has 2 heterocycles. The third-order valence-corrected chi connectivity index (χ3v) is 4.92. The Labute approximate surface area is 138 Å². The zero-order chi connectivity index (χ0) is 16.3. The minimum Gasteiger partial charge on any atom is -0.390 e. The van der Waals surface area contributed by atoms with E-state index in [1.807, 2.05) is 23.8 Å². The molecule has 1 fully saturated rings. The number of hydrogen-bond donors (Lipinski definition) is 2. The first-order chi connectivity index (χ1) is 11.0. The Morgan fingerprint density at radius 2 is 2.30 bits per heavy atom. The van der Waals surface area contributed by atoms with E-state index in [4.69, 9.17) is 4.52 Å². The molecule has 0 unspecified atom stereocenters. The molecule has 1 aliphatic carbocycles. The number of carbonyl (C=O) groups excluding carboxylic acids is 1. The second-order valence-electron chi connectivity index (χ2n) is 6.36. The molecule has 3 rings (SSSR count). The van der Waals surface area contributed by atoms with Gasteiger partial charge in [-0.15, -0.1) is 0 Å². The second kappa shape index (κ2) is 6.80. The maximum atomic E-state index is 12.0. The van der Waals surface area contributed by atoms with Gasteiger partial charge in [-0.2, -0.15) is 16.3 Å². The quantitative estimate of drug-likeness (QED) is 0.876. The molecule has 6 nitrogen and oxygen atoms in total. The number of aliphatic hydroxyl groups is 1. The van der Waals surface area contributed by atoms with E-state index >= 15 is 0 Å². The van der Waals surface area contributed by atoms with E-state index in [0.717, 1.165) is 31.2 Å². The summed E-state index contributed by atoms with van der Waals surface area (Å²) in [4.78, 5) is 16.3. The highest BCUT2D eigenvalue weighted by molar-refractivity contribution is 7.08.